The predicted octanol–water partition coefficient (Wildman–Crippen LogP) is 5.44. The Morgan fingerprint density at radius 1 is 1.16 bits per heavy atom. The van der Waals surface area contributed by atoms with Crippen LogP contribution in [0, 0.1) is 5.92 Å². The van der Waals surface area contributed by atoms with Crippen LogP contribution in [0.5, 0.6) is 11.5 Å². The molecular formula is C29H36N2O7. The highest BCUT2D eigenvalue weighted by atomic mass is 16.5. The van der Waals surface area contributed by atoms with Crippen LogP contribution in [0.25, 0.3) is 10.9 Å². The second-order valence-corrected chi connectivity index (χ2v) is 9.76. The Kier molecular flexibility index (Phi) is 9.39. The standard InChI is InChI=1S/C29H36N2O7/c1-17(2)37-22-10-11-23-20(15-22)14-21(31(23)5)13-19(4)27(33)26-24(32)16-25(38-28(26)34)18(3)9-7-8-12-30-29(35)36-6/h8,10-12,14-19,32H,7,9,13H2,1-6H3,(H,30,35)/b12-8+. The summed E-state index contributed by atoms with van der Waals surface area (Å²) in [5.41, 5.74) is 0.750. The number of ketones is 1. The summed E-state index contributed by atoms with van der Waals surface area (Å²) in [6.07, 6.45) is 4.28. The molecule has 0 aliphatic rings. The maximum Gasteiger partial charge on any atom is 0.410 e. The molecule has 2 aromatic heterocycles. The summed E-state index contributed by atoms with van der Waals surface area (Å²) >= 11 is 0. The zero-order chi connectivity index (χ0) is 28.0. The highest BCUT2D eigenvalue weighted by Crippen LogP contribution is 2.29. The van der Waals surface area contributed by atoms with Crippen LogP contribution >= 0.6 is 0 Å². The van der Waals surface area contributed by atoms with E-state index in [1.54, 1.807) is 13.0 Å². The van der Waals surface area contributed by atoms with Gasteiger partial charge in [-0.2, -0.15) is 0 Å². The molecule has 0 bridgehead atoms. The van der Waals surface area contributed by atoms with Crippen molar-refractivity contribution in [2.24, 2.45) is 13.0 Å². The summed E-state index contributed by atoms with van der Waals surface area (Å²) in [7, 11) is 3.21. The van der Waals surface area contributed by atoms with E-state index in [-0.39, 0.29) is 23.3 Å². The number of benzene rings is 1. The van der Waals surface area contributed by atoms with Crippen molar-refractivity contribution in [3.8, 4) is 11.5 Å². The van der Waals surface area contributed by atoms with E-state index in [1.165, 1.54) is 19.4 Å². The van der Waals surface area contributed by atoms with E-state index < -0.39 is 23.4 Å². The lowest BCUT2D eigenvalue weighted by atomic mass is 9.94. The molecule has 9 heteroatoms. The lowest BCUT2D eigenvalue weighted by Gasteiger charge is -2.14. The number of allylic oxidation sites excluding steroid dienone is 1. The Morgan fingerprint density at radius 3 is 2.55 bits per heavy atom. The molecule has 0 aliphatic carbocycles. The van der Waals surface area contributed by atoms with E-state index in [4.69, 9.17) is 9.15 Å². The maximum atomic E-state index is 13.2. The fraction of sp³-hybridized carbons (Fsp3) is 0.414. The van der Waals surface area contributed by atoms with Crippen LogP contribution in [0.15, 0.2) is 51.8 Å². The lowest BCUT2D eigenvalue weighted by Crippen LogP contribution is -2.23. The third kappa shape index (κ3) is 6.85. The van der Waals surface area contributed by atoms with E-state index in [1.807, 2.05) is 56.7 Å². The topological polar surface area (TPSA) is 120 Å². The molecule has 0 saturated carbocycles. The minimum atomic E-state index is -0.848. The number of hydrogen-bond acceptors (Lipinski definition) is 7. The summed E-state index contributed by atoms with van der Waals surface area (Å²) in [4.78, 5) is 37.0. The molecule has 3 rings (SSSR count). The summed E-state index contributed by atoms with van der Waals surface area (Å²) in [6, 6.07) is 9.22. The van der Waals surface area contributed by atoms with Crippen LogP contribution in [0.1, 0.15) is 68.3 Å². The fourth-order valence-electron chi connectivity index (χ4n) is 4.31. The SMILES string of the molecule is COC(=O)N/C=C/CCC(C)c1cc(O)c(C(=O)C(C)Cc2cc3cc(OC(C)C)ccc3n2C)c(=O)o1. The van der Waals surface area contributed by atoms with Crippen LogP contribution < -0.4 is 15.7 Å². The number of ether oxygens (including phenoxy) is 2. The molecule has 38 heavy (non-hydrogen) atoms. The van der Waals surface area contributed by atoms with Crippen molar-refractivity contribution in [2.45, 2.75) is 59.0 Å². The minimum absolute atomic E-state index is 0.0641. The first kappa shape index (κ1) is 28.6. The Hall–Kier alpha value is -4.01. The molecule has 2 heterocycles. The van der Waals surface area contributed by atoms with Crippen LogP contribution in [-0.4, -0.2) is 34.8 Å². The van der Waals surface area contributed by atoms with Gasteiger partial charge in [-0.1, -0.05) is 19.9 Å². The number of aromatic nitrogens is 1. The number of rotatable bonds is 11. The lowest BCUT2D eigenvalue weighted by molar-refractivity contribution is 0.0920. The maximum absolute atomic E-state index is 13.2. The summed E-state index contributed by atoms with van der Waals surface area (Å²) in [5, 5.41) is 14.0. The molecule has 0 fully saturated rings. The van der Waals surface area contributed by atoms with E-state index in [2.05, 4.69) is 10.1 Å². The van der Waals surface area contributed by atoms with Gasteiger partial charge in [0.2, 0.25) is 0 Å². The number of amides is 1. The van der Waals surface area contributed by atoms with Crippen molar-refractivity contribution < 1.29 is 28.6 Å². The molecule has 1 aromatic carbocycles. The number of nitrogens with zero attached hydrogens (tertiary/aromatic N) is 1. The van der Waals surface area contributed by atoms with Gasteiger partial charge in [-0.05, 0) is 57.4 Å². The van der Waals surface area contributed by atoms with E-state index in [0.717, 1.165) is 22.3 Å². The van der Waals surface area contributed by atoms with Gasteiger partial charge in [-0.15, -0.1) is 0 Å². The smallest absolute Gasteiger partial charge is 0.410 e. The van der Waals surface area contributed by atoms with Crippen molar-refractivity contribution in [3.63, 3.8) is 0 Å². The molecule has 3 aromatic rings. The summed E-state index contributed by atoms with van der Waals surface area (Å²) in [5.74, 6) is -0.539. The summed E-state index contributed by atoms with van der Waals surface area (Å²) < 4.78 is 17.7. The quantitative estimate of drug-likeness (QED) is 0.321. The Labute approximate surface area is 222 Å². The third-order valence-electron chi connectivity index (χ3n) is 6.40. The van der Waals surface area contributed by atoms with Gasteiger partial charge in [-0.25, -0.2) is 9.59 Å². The second kappa shape index (κ2) is 12.5. The number of aromatic hydroxyl groups is 1. The van der Waals surface area contributed by atoms with Crippen LogP contribution in [0.2, 0.25) is 0 Å². The second-order valence-electron chi connectivity index (χ2n) is 9.76. The fourth-order valence-corrected chi connectivity index (χ4v) is 4.31. The number of carbonyl (C=O) groups is 2. The van der Waals surface area contributed by atoms with Crippen LogP contribution in [0.4, 0.5) is 4.79 Å². The monoisotopic (exact) mass is 524 g/mol. The van der Waals surface area contributed by atoms with Gasteiger partial charge in [0.15, 0.2) is 5.78 Å². The van der Waals surface area contributed by atoms with Gasteiger partial charge in [0.1, 0.15) is 22.8 Å². The molecule has 0 spiro atoms. The van der Waals surface area contributed by atoms with Gasteiger partial charge in [-0.3, -0.25) is 10.1 Å². The first-order valence-electron chi connectivity index (χ1n) is 12.7. The molecule has 2 unspecified atom stereocenters. The van der Waals surface area contributed by atoms with Gasteiger partial charge >= 0.3 is 11.7 Å². The van der Waals surface area contributed by atoms with E-state index in [0.29, 0.717) is 25.0 Å². The average Bonchev–Trinajstić information content (AvgIpc) is 3.16. The Bertz CT molecular complexity index is 1380. The number of fused-ring (bicyclic) bond motifs is 1. The normalized spacial score (nSPS) is 13.1. The molecule has 1 amide bonds. The van der Waals surface area contributed by atoms with E-state index in [9.17, 15) is 19.5 Å². The van der Waals surface area contributed by atoms with Crippen molar-refractivity contribution in [3.05, 3.63) is 70.0 Å². The van der Waals surface area contributed by atoms with E-state index >= 15 is 0 Å². The average molecular weight is 525 g/mol. The number of methoxy groups -OCH3 is 1. The van der Waals surface area contributed by atoms with Crippen molar-refractivity contribution >= 4 is 22.8 Å². The molecular weight excluding hydrogens is 488 g/mol. The number of carbonyl (C=O) groups excluding carboxylic acids is 2. The van der Waals surface area contributed by atoms with Crippen LogP contribution in [-0.2, 0) is 18.2 Å². The zero-order valence-corrected chi connectivity index (χ0v) is 22.7. The Balaban J connectivity index is 1.71. The molecule has 0 aliphatic heterocycles. The minimum Gasteiger partial charge on any atom is -0.507 e. The van der Waals surface area contributed by atoms with Gasteiger partial charge in [0.05, 0.1) is 13.2 Å². The number of nitrogens with one attached hydrogen (secondary N) is 1. The van der Waals surface area contributed by atoms with Gasteiger partial charge < -0.3 is 23.6 Å². The number of aryl methyl sites for hydroxylation is 1. The largest absolute Gasteiger partial charge is 0.507 e. The molecule has 0 radical (unpaired) electrons. The Morgan fingerprint density at radius 2 is 1.89 bits per heavy atom. The van der Waals surface area contributed by atoms with Crippen molar-refractivity contribution in [2.75, 3.05) is 7.11 Å². The first-order valence-corrected chi connectivity index (χ1v) is 12.7. The third-order valence-corrected chi connectivity index (χ3v) is 6.40. The van der Waals surface area contributed by atoms with Gasteiger partial charge in [0.25, 0.3) is 0 Å². The van der Waals surface area contributed by atoms with Gasteiger partial charge in [0, 0.05) is 47.7 Å². The summed E-state index contributed by atoms with van der Waals surface area (Å²) in [6.45, 7) is 7.52. The highest BCUT2D eigenvalue weighted by Gasteiger charge is 2.26. The van der Waals surface area contributed by atoms with Crippen LogP contribution in [0.3, 0.4) is 0 Å². The zero-order valence-electron chi connectivity index (χ0n) is 22.7. The number of alkyl carbamates (subject to hydrolysis) is 1. The first-order chi connectivity index (χ1) is 18.0. The molecule has 0 saturated heterocycles. The number of hydrogen-bond donors (Lipinski definition) is 2. The number of Topliss-reactive ketones (excluding diaryl/α,β-unsaturated/α-hetero) is 1. The van der Waals surface area contributed by atoms with Crippen molar-refractivity contribution in [1.29, 1.82) is 0 Å². The molecule has 204 valence electrons. The molecule has 9 nitrogen and oxygen atoms in total. The molecule has 2 atom stereocenters. The molecule has 2 N–H and O–H groups in total. The van der Waals surface area contributed by atoms with Crippen molar-refractivity contribution in [1.82, 2.24) is 9.88 Å². The predicted molar refractivity (Wildman–Crippen MR) is 145 cm³/mol. The highest BCUT2D eigenvalue weighted by molar-refractivity contribution is 5.99.